The van der Waals surface area contributed by atoms with E-state index in [1.54, 1.807) is 6.07 Å². The number of halogens is 1. The number of rotatable bonds is 6. The molecule has 2 aromatic carbocycles. The zero-order valence-corrected chi connectivity index (χ0v) is 14.4. The molecule has 0 spiro atoms. The second-order valence-corrected chi connectivity index (χ2v) is 6.20. The normalized spacial score (nSPS) is 16.1. The number of nitrogens with two attached hydrogens (primary N) is 1. The fourth-order valence-corrected chi connectivity index (χ4v) is 2.81. The van der Waals surface area contributed by atoms with Gasteiger partial charge >= 0.3 is 0 Å². The molecule has 1 unspecified atom stereocenters. The molecule has 0 aromatic heterocycles. The standard InChI is InChI=1S/C18H19FN4O4/c19-14-9-12(4-6-16(14)21-10-13-2-1-7-27-13)22-18(24)11-3-5-15(20)17(8-11)23(25)26/h3-6,8-9,13,21H,1-2,7,10,20H2,(H,22,24). The molecule has 1 aliphatic heterocycles. The van der Waals surface area contributed by atoms with Crippen LogP contribution in [0.3, 0.4) is 0 Å². The molecule has 2 aromatic rings. The summed E-state index contributed by atoms with van der Waals surface area (Å²) in [6.07, 6.45) is 2.02. The van der Waals surface area contributed by atoms with Crippen LogP contribution in [-0.4, -0.2) is 30.1 Å². The van der Waals surface area contributed by atoms with Crippen molar-refractivity contribution < 1.29 is 18.8 Å². The lowest BCUT2D eigenvalue weighted by molar-refractivity contribution is -0.383. The van der Waals surface area contributed by atoms with Gasteiger partial charge in [-0.05, 0) is 43.2 Å². The number of carbonyl (C=O) groups excluding carboxylic acids is 1. The van der Waals surface area contributed by atoms with E-state index in [0.717, 1.165) is 25.5 Å². The molecule has 0 aliphatic carbocycles. The molecular weight excluding hydrogens is 355 g/mol. The first-order chi connectivity index (χ1) is 12.9. The summed E-state index contributed by atoms with van der Waals surface area (Å²) < 4.78 is 19.7. The monoisotopic (exact) mass is 374 g/mol. The van der Waals surface area contributed by atoms with Crippen molar-refractivity contribution in [3.63, 3.8) is 0 Å². The molecule has 1 saturated heterocycles. The van der Waals surface area contributed by atoms with Gasteiger partial charge in [0.1, 0.15) is 11.5 Å². The number of hydrogen-bond acceptors (Lipinski definition) is 6. The summed E-state index contributed by atoms with van der Waals surface area (Å²) in [6.45, 7) is 1.24. The maximum absolute atomic E-state index is 14.2. The Morgan fingerprint density at radius 3 is 2.81 bits per heavy atom. The maximum Gasteiger partial charge on any atom is 0.292 e. The Morgan fingerprint density at radius 2 is 2.15 bits per heavy atom. The van der Waals surface area contributed by atoms with Crippen LogP contribution in [-0.2, 0) is 4.74 Å². The molecular formula is C18H19FN4O4. The van der Waals surface area contributed by atoms with Gasteiger partial charge in [0.2, 0.25) is 0 Å². The summed E-state index contributed by atoms with van der Waals surface area (Å²) in [5.74, 6) is -1.12. The smallest absolute Gasteiger partial charge is 0.292 e. The van der Waals surface area contributed by atoms with E-state index in [-0.39, 0.29) is 28.7 Å². The van der Waals surface area contributed by atoms with Crippen molar-refractivity contribution in [2.75, 3.05) is 29.5 Å². The molecule has 1 atom stereocenters. The summed E-state index contributed by atoms with van der Waals surface area (Å²) in [5, 5.41) is 16.4. The summed E-state index contributed by atoms with van der Waals surface area (Å²) in [7, 11) is 0. The Balaban J connectivity index is 1.66. The van der Waals surface area contributed by atoms with Crippen LogP contribution in [0.15, 0.2) is 36.4 Å². The van der Waals surface area contributed by atoms with Gasteiger partial charge in [0.15, 0.2) is 0 Å². The van der Waals surface area contributed by atoms with E-state index in [2.05, 4.69) is 10.6 Å². The lowest BCUT2D eigenvalue weighted by Gasteiger charge is -2.13. The average molecular weight is 374 g/mol. The number of benzene rings is 2. The lowest BCUT2D eigenvalue weighted by atomic mass is 10.1. The van der Waals surface area contributed by atoms with E-state index < -0.39 is 16.6 Å². The minimum Gasteiger partial charge on any atom is -0.393 e. The highest BCUT2D eigenvalue weighted by molar-refractivity contribution is 6.05. The molecule has 3 rings (SSSR count). The van der Waals surface area contributed by atoms with E-state index in [1.165, 1.54) is 24.3 Å². The van der Waals surface area contributed by atoms with Crippen LogP contribution in [0, 0.1) is 15.9 Å². The third-order valence-electron chi connectivity index (χ3n) is 4.26. The van der Waals surface area contributed by atoms with Gasteiger partial charge in [-0.25, -0.2) is 4.39 Å². The van der Waals surface area contributed by atoms with Gasteiger partial charge in [0.25, 0.3) is 11.6 Å². The van der Waals surface area contributed by atoms with Crippen LogP contribution in [0.25, 0.3) is 0 Å². The van der Waals surface area contributed by atoms with E-state index in [0.29, 0.717) is 12.2 Å². The predicted molar refractivity (Wildman–Crippen MR) is 99.3 cm³/mol. The highest BCUT2D eigenvalue weighted by Crippen LogP contribution is 2.24. The minimum absolute atomic E-state index is 0.0377. The summed E-state index contributed by atoms with van der Waals surface area (Å²) in [5.41, 5.74) is 5.72. The molecule has 4 N–H and O–H groups in total. The van der Waals surface area contributed by atoms with Crippen molar-refractivity contribution in [3.8, 4) is 0 Å². The summed E-state index contributed by atoms with van der Waals surface area (Å²) in [4.78, 5) is 22.5. The molecule has 1 amide bonds. The Labute approximate surface area is 154 Å². The first-order valence-corrected chi connectivity index (χ1v) is 8.44. The van der Waals surface area contributed by atoms with Crippen molar-refractivity contribution in [2.24, 2.45) is 0 Å². The van der Waals surface area contributed by atoms with Crippen molar-refractivity contribution in [1.82, 2.24) is 0 Å². The zero-order chi connectivity index (χ0) is 19.4. The topological polar surface area (TPSA) is 120 Å². The quantitative estimate of drug-likeness (QED) is 0.406. The third kappa shape index (κ3) is 4.50. The number of hydrogen-bond donors (Lipinski definition) is 3. The van der Waals surface area contributed by atoms with Crippen LogP contribution in [0.4, 0.5) is 27.1 Å². The Bertz CT molecular complexity index is 868. The molecule has 1 heterocycles. The first kappa shape index (κ1) is 18.6. The fraction of sp³-hybridized carbons (Fsp3) is 0.278. The van der Waals surface area contributed by atoms with Crippen molar-refractivity contribution >= 4 is 28.7 Å². The SMILES string of the molecule is Nc1ccc(C(=O)Nc2ccc(NCC3CCCO3)c(F)c2)cc1[N+](=O)[O-]. The molecule has 1 aliphatic rings. The number of carbonyl (C=O) groups is 1. The minimum atomic E-state index is -0.666. The largest absolute Gasteiger partial charge is 0.393 e. The van der Waals surface area contributed by atoms with Crippen LogP contribution in [0.5, 0.6) is 0 Å². The number of nitrogens with one attached hydrogen (secondary N) is 2. The van der Waals surface area contributed by atoms with E-state index in [1.807, 2.05) is 0 Å². The van der Waals surface area contributed by atoms with Gasteiger partial charge in [-0.2, -0.15) is 0 Å². The van der Waals surface area contributed by atoms with Gasteiger partial charge in [-0.15, -0.1) is 0 Å². The van der Waals surface area contributed by atoms with Crippen molar-refractivity contribution in [1.29, 1.82) is 0 Å². The second-order valence-electron chi connectivity index (χ2n) is 6.20. The van der Waals surface area contributed by atoms with E-state index in [9.17, 15) is 19.3 Å². The Hall–Kier alpha value is -3.20. The van der Waals surface area contributed by atoms with Gasteiger partial charge in [-0.1, -0.05) is 0 Å². The molecule has 142 valence electrons. The molecule has 0 saturated carbocycles. The fourth-order valence-electron chi connectivity index (χ4n) is 2.81. The lowest BCUT2D eigenvalue weighted by Crippen LogP contribution is -2.19. The van der Waals surface area contributed by atoms with Crippen molar-refractivity contribution in [3.05, 3.63) is 57.9 Å². The summed E-state index contributed by atoms with van der Waals surface area (Å²) in [6, 6.07) is 7.98. The van der Waals surface area contributed by atoms with Gasteiger partial charge in [0.05, 0.1) is 16.7 Å². The van der Waals surface area contributed by atoms with Crippen LogP contribution >= 0.6 is 0 Å². The van der Waals surface area contributed by atoms with E-state index >= 15 is 0 Å². The highest BCUT2D eigenvalue weighted by Gasteiger charge is 2.17. The number of nitro groups is 1. The Morgan fingerprint density at radius 1 is 1.33 bits per heavy atom. The van der Waals surface area contributed by atoms with Gasteiger partial charge in [-0.3, -0.25) is 14.9 Å². The molecule has 9 heteroatoms. The van der Waals surface area contributed by atoms with Crippen molar-refractivity contribution in [2.45, 2.75) is 18.9 Å². The zero-order valence-electron chi connectivity index (χ0n) is 14.4. The van der Waals surface area contributed by atoms with Crippen LogP contribution < -0.4 is 16.4 Å². The third-order valence-corrected chi connectivity index (χ3v) is 4.26. The number of ether oxygens (including phenoxy) is 1. The second kappa shape index (κ2) is 8.00. The molecule has 0 bridgehead atoms. The van der Waals surface area contributed by atoms with Gasteiger partial charge in [0, 0.05) is 30.5 Å². The van der Waals surface area contributed by atoms with E-state index in [4.69, 9.17) is 10.5 Å². The predicted octanol–water partition coefficient (Wildman–Crippen LogP) is 3.16. The number of amides is 1. The number of nitrogens with zero attached hydrogens (tertiary/aromatic N) is 1. The number of nitrogen functional groups attached to an aromatic ring is 1. The first-order valence-electron chi connectivity index (χ1n) is 8.44. The average Bonchev–Trinajstić information content (AvgIpc) is 3.14. The van der Waals surface area contributed by atoms with Crippen LogP contribution in [0.1, 0.15) is 23.2 Å². The summed E-state index contributed by atoms with van der Waals surface area (Å²) >= 11 is 0. The molecule has 1 fully saturated rings. The molecule has 0 radical (unpaired) electrons. The Kier molecular flexibility index (Phi) is 5.51. The number of anilines is 3. The highest BCUT2D eigenvalue weighted by atomic mass is 19.1. The van der Waals surface area contributed by atoms with Crippen LogP contribution in [0.2, 0.25) is 0 Å². The maximum atomic E-state index is 14.2. The molecule has 27 heavy (non-hydrogen) atoms. The number of nitro benzene ring substituents is 1. The van der Waals surface area contributed by atoms with Gasteiger partial charge < -0.3 is 21.1 Å². The molecule has 8 nitrogen and oxygen atoms in total.